The number of rotatable bonds is 3. The van der Waals surface area contributed by atoms with Gasteiger partial charge in [0, 0.05) is 45.3 Å². The molecule has 1 N–H and O–H groups in total. The van der Waals surface area contributed by atoms with Crippen LogP contribution in [0.25, 0.3) is 0 Å². The van der Waals surface area contributed by atoms with E-state index in [1.165, 1.54) is 12.8 Å². The zero-order valence-electron chi connectivity index (χ0n) is 11.0. The molecule has 4 nitrogen and oxygen atoms in total. The Bertz CT molecular complexity index is 468. The fourth-order valence-electron chi connectivity index (χ4n) is 2.59. The number of aromatic nitrogens is 1. The zero-order chi connectivity index (χ0) is 13.4. The minimum atomic E-state index is -0.652. The van der Waals surface area contributed by atoms with Crippen molar-refractivity contribution in [3.05, 3.63) is 17.7 Å². The van der Waals surface area contributed by atoms with Gasteiger partial charge in [0.2, 0.25) is 0 Å². The first-order valence-corrected chi connectivity index (χ1v) is 6.72. The molecule has 0 aromatic carbocycles. The predicted octanol–water partition coefficient (Wildman–Crippen LogP) is 1.69. The third-order valence-electron chi connectivity index (χ3n) is 3.82. The van der Waals surface area contributed by atoms with Gasteiger partial charge in [-0.05, 0) is 12.8 Å². The topological polar surface area (TPSA) is 31.4 Å². The lowest BCUT2D eigenvalue weighted by Crippen LogP contribution is -2.47. The lowest BCUT2D eigenvalue weighted by atomic mass is 10.3. The van der Waals surface area contributed by atoms with Crippen molar-refractivity contribution in [2.24, 2.45) is 0 Å². The van der Waals surface area contributed by atoms with Gasteiger partial charge in [-0.25, -0.2) is 13.8 Å². The number of piperazine rings is 1. The van der Waals surface area contributed by atoms with Crippen molar-refractivity contribution >= 4 is 11.6 Å². The van der Waals surface area contributed by atoms with E-state index in [0.29, 0.717) is 0 Å². The van der Waals surface area contributed by atoms with Gasteiger partial charge in [0.15, 0.2) is 23.3 Å². The number of hydrogen-bond donors (Lipinski definition) is 1. The maximum absolute atomic E-state index is 13.8. The largest absolute Gasteiger partial charge is 0.371 e. The normalized spacial score (nSPS) is 20.7. The molecule has 0 spiro atoms. The summed E-state index contributed by atoms with van der Waals surface area (Å²) in [5.74, 6) is -0.890. The summed E-state index contributed by atoms with van der Waals surface area (Å²) >= 11 is 0. The van der Waals surface area contributed by atoms with Crippen LogP contribution in [0.2, 0.25) is 0 Å². The Morgan fingerprint density at radius 1 is 1.16 bits per heavy atom. The van der Waals surface area contributed by atoms with Gasteiger partial charge in [-0.1, -0.05) is 0 Å². The molecule has 0 amide bonds. The Morgan fingerprint density at radius 3 is 2.42 bits per heavy atom. The third kappa shape index (κ3) is 2.49. The Kier molecular flexibility index (Phi) is 3.26. The van der Waals surface area contributed by atoms with Crippen LogP contribution < -0.4 is 10.2 Å². The second-order valence-electron chi connectivity index (χ2n) is 5.13. The molecule has 1 saturated carbocycles. The summed E-state index contributed by atoms with van der Waals surface area (Å²) in [6.07, 6.45) is 2.57. The van der Waals surface area contributed by atoms with Crippen molar-refractivity contribution in [2.45, 2.75) is 18.9 Å². The van der Waals surface area contributed by atoms with Crippen LogP contribution in [0.4, 0.5) is 20.4 Å². The Labute approximate surface area is 111 Å². The van der Waals surface area contributed by atoms with Crippen molar-refractivity contribution in [3.8, 4) is 0 Å². The summed E-state index contributed by atoms with van der Waals surface area (Å²) in [6.45, 7) is 3.35. The van der Waals surface area contributed by atoms with Crippen molar-refractivity contribution in [3.63, 3.8) is 0 Å². The summed E-state index contributed by atoms with van der Waals surface area (Å²) in [5, 5.41) is 2.65. The molecule has 104 valence electrons. The maximum atomic E-state index is 13.8. The SMILES string of the molecule is CNc1nc(N2CCN(C3CC3)CC2)c(F)cc1F. The quantitative estimate of drug-likeness (QED) is 0.904. The third-order valence-corrected chi connectivity index (χ3v) is 3.82. The Morgan fingerprint density at radius 2 is 1.84 bits per heavy atom. The van der Waals surface area contributed by atoms with Gasteiger partial charge in [0.05, 0.1) is 0 Å². The molecule has 1 aromatic heterocycles. The summed E-state index contributed by atoms with van der Waals surface area (Å²) in [7, 11) is 1.58. The highest BCUT2D eigenvalue weighted by atomic mass is 19.1. The van der Waals surface area contributed by atoms with E-state index in [1.807, 2.05) is 4.90 Å². The predicted molar refractivity (Wildman–Crippen MR) is 70.5 cm³/mol. The second-order valence-corrected chi connectivity index (χ2v) is 5.13. The van der Waals surface area contributed by atoms with E-state index in [4.69, 9.17) is 0 Å². The van der Waals surface area contributed by atoms with Crippen LogP contribution in [0.15, 0.2) is 6.07 Å². The van der Waals surface area contributed by atoms with Crippen LogP contribution in [0.1, 0.15) is 12.8 Å². The summed E-state index contributed by atoms with van der Waals surface area (Å²) in [6, 6.07) is 1.64. The highest BCUT2D eigenvalue weighted by Gasteiger charge is 2.32. The van der Waals surface area contributed by atoms with Gasteiger partial charge in [-0.3, -0.25) is 4.90 Å². The fraction of sp³-hybridized carbons (Fsp3) is 0.615. The first-order valence-electron chi connectivity index (χ1n) is 6.72. The monoisotopic (exact) mass is 268 g/mol. The van der Waals surface area contributed by atoms with E-state index >= 15 is 0 Å². The van der Waals surface area contributed by atoms with Crippen LogP contribution in [0, 0.1) is 11.6 Å². The number of nitrogens with one attached hydrogen (secondary N) is 1. The van der Waals surface area contributed by atoms with Crippen LogP contribution in [-0.2, 0) is 0 Å². The van der Waals surface area contributed by atoms with Crippen molar-refractivity contribution < 1.29 is 8.78 Å². The average molecular weight is 268 g/mol. The molecule has 1 aliphatic heterocycles. The van der Waals surface area contributed by atoms with E-state index in [-0.39, 0.29) is 11.6 Å². The molecule has 0 radical (unpaired) electrons. The molecule has 0 bridgehead atoms. The first kappa shape index (κ1) is 12.6. The highest BCUT2D eigenvalue weighted by molar-refractivity contribution is 5.49. The van der Waals surface area contributed by atoms with E-state index < -0.39 is 11.6 Å². The van der Waals surface area contributed by atoms with E-state index in [1.54, 1.807) is 7.05 Å². The lowest BCUT2D eigenvalue weighted by Gasteiger charge is -2.35. The van der Waals surface area contributed by atoms with E-state index in [9.17, 15) is 8.78 Å². The maximum Gasteiger partial charge on any atom is 0.168 e. The molecule has 2 aliphatic rings. The van der Waals surface area contributed by atoms with Crippen LogP contribution in [0.3, 0.4) is 0 Å². The number of pyridine rings is 1. The zero-order valence-corrected chi connectivity index (χ0v) is 11.0. The molecular formula is C13H18F2N4. The number of nitrogens with zero attached hydrogens (tertiary/aromatic N) is 3. The van der Waals surface area contributed by atoms with Gasteiger partial charge < -0.3 is 10.2 Å². The van der Waals surface area contributed by atoms with Crippen LogP contribution in [0.5, 0.6) is 0 Å². The smallest absolute Gasteiger partial charge is 0.168 e. The molecule has 2 fully saturated rings. The molecular weight excluding hydrogens is 250 g/mol. The summed E-state index contributed by atoms with van der Waals surface area (Å²) in [4.78, 5) is 8.38. The molecule has 0 unspecified atom stereocenters. The Hall–Kier alpha value is -1.43. The lowest BCUT2D eigenvalue weighted by molar-refractivity contribution is 0.247. The van der Waals surface area contributed by atoms with Crippen LogP contribution in [-0.4, -0.2) is 49.2 Å². The first-order chi connectivity index (χ1) is 9.19. The molecule has 3 rings (SSSR count). The highest BCUT2D eigenvalue weighted by Crippen LogP contribution is 2.29. The van der Waals surface area contributed by atoms with Gasteiger partial charge in [0.1, 0.15) is 0 Å². The van der Waals surface area contributed by atoms with Crippen molar-refractivity contribution in [1.82, 2.24) is 9.88 Å². The Balaban J connectivity index is 1.75. The standard InChI is InChI=1S/C13H18F2N4/c1-16-12-10(14)8-11(15)13(17-12)19-6-4-18(5-7-19)9-2-3-9/h8-9H,2-7H2,1H3,(H,16,17). The number of hydrogen-bond acceptors (Lipinski definition) is 4. The van der Waals surface area contributed by atoms with Crippen molar-refractivity contribution in [2.75, 3.05) is 43.4 Å². The summed E-state index contributed by atoms with van der Waals surface area (Å²) < 4.78 is 27.2. The molecule has 1 aromatic rings. The van der Waals surface area contributed by atoms with Crippen LogP contribution >= 0.6 is 0 Å². The van der Waals surface area contributed by atoms with E-state index in [0.717, 1.165) is 38.3 Å². The van der Waals surface area contributed by atoms with Gasteiger partial charge in [-0.15, -0.1) is 0 Å². The summed E-state index contributed by atoms with van der Waals surface area (Å²) in [5.41, 5.74) is 0. The molecule has 19 heavy (non-hydrogen) atoms. The van der Waals surface area contributed by atoms with Crippen molar-refractivity contribution in [1.29, 1.82) is 0 Å². The molecule has 1 aliphatic carbocycles. The minimum absolute atomic E-state index is 0.0982. The molecule has 0 atom stereocenters. The molecule has 6 heteroatoms. The van der Waals surface area contributed by atoms with Gasteiger partial charge in [-0.2, -0.15) is 0 Å². The van der Waals surface area contributed by atoms with Gasteiger partial charge in [0.25, 0.3) is 0 Å². The fourth-order valence-corrected chi connectivity index (χ4v) is 2.59. The molecule has 1 saturated heterocycles. The number of halogens is 2. The minimum Gasteiger partial charge on any atom is -0.371 e. The molecule has 2 heterocycles. The average Bonchev–Trinajstić information content (AvgIpc) is 3.24. The second kappa shape index (κ2) is 4.92. The van der Waals surface area contributed by atoms with Gasteiger partial charge >= 0.3 is 0 Å². The number of anilines is 2. The van der Waals surface area contributed by atoms with E-state index in [2.05, 4.69) is 15.2 Å².